The second-order valence-electron chi connectivity index (χ2n) is 6.68. The largest absolute Gasteiger partial charge is 0.338 e. The van der Waals surface area contributed by atoms with Crippen molar-refractivity contribution >= 4 is 5.91 Å². The van der Waals surface area contributed by atoms with E-state index in [2.05, 4.69) is 31.0 Å². The van der Waals surface area contributed by atoms with Crippen LogP contribution in [0.5, 0.6) is 0 Å². The van der Waals surface area contributed by atoms with Crippen molar-refractivity contribution in [1.82, 2.24) is 10.2 Å². The van der Waals surface area contributed by atoms with E-state index < -0.39 is 0 Å². The highest BCUT2D eigenvalue weighted by Crippen LogP contribution is 2.37. The van der Waals surface area contributed by atoms with E-state index >= 15 is 0 Å². The highest BCUT2D eigenvalue weighted by atomic mass is 16.2. The van der Waals surface area contributed by atoms with Gasteiger partial charge in [0.05, 0.1) is 6.04 Å². The van der Waals surface area contributed by atoms with Crippen molar-refractivity contribution in [1.29, 1.82) is 0 Å². The zero-order valence-electron chi connectivity index (χ0n) is 12.2. The summed E-state index contributed by atoms with van der Waals surface area (Å²) in [4.78, 5) is 14.6. The van der Waals surface area contributed by atoms with Gasteiger partial charge in [0.15, 0.2) is 0 Å². The van der Waals surface area contributed by atoms with Gasteiger partial charge in [-0.3, -0.25) is 4.79 Å². The molecule has 1 saturated carbocycles. The van der Waals surface area contributed by atoms with Gasteiger partial charge in [-0.25, -0.2) is 0 Å². The molecule has 3 nitrogen and oxygen atoms in total. The first-order valence-electron chi connectivity index (χ1n) is 7.57. The van der Waals surface area contributed by atoms with Gasteiger partial charge in [0.25, 0.3) is 0 Å². The lowest BCUT2D eigenvalue weighted by atomic mass is 9.75. The summed E-state index contributed by atoms with van der Waals surface area (Å²) in [6.07, 6.45) is 7.07. The van der Waals surface area contributed by atoms with E-state index in [4.69, 9.17) is 0 Å². The van der Waals surface area contributed by atoms with Crippen molar-refractivity contribution in [3.63, 3.8) is 0 Å². The van der Waals surface area contributed by atoms with E-state index in [1.54, 1.807) is 0 Å². The Morgan fingerprint density at radius 2 is 1.94 bits per heavy atom. The molecule has 104 valence electrons. The fourth-order valence-electron chi connectivity index (χ4n) is 3.39. The quantitative estimate of drug-likeness (QED) is 0.837. The summed E-state index contributed by atoms with van der Waals surface area (Å²) in [5.41, 5.74) is 0.483. The first kappa shape index (κ1) is 13.9. The minimum atomic E-state index is 0.0821. The van der Waals surface area contributed by atoms with Crippen LogP contribution in [0.15, 0.2) is 0 Å². The van der Waals surface area contributed by atoms with Gasteiger partial charge in [0.2, 0.25) is 5.91 Å². The number of likely N-dealkylation sites (N-methyl/N-ethyl adjacent to an activating group) is 1. The predicted octanol–water partition coefficient (Wildman–Crippen LogP) is 2.56. The monoisotopic (exact) mass is 252 g/mol. The number of nitrogens with one attached hydrogen (secondary N) is 1. The molecule has 0 radical (unpaired) electrons. The molecule has 1 unspecified atom stereocenters. The third-order valence-electron chi connectivity index (χ3n) is 4.67. The third-order valence-corrected chi connectivity index (χ3v) is 4.67. The van der Waals surface area contributed by atoms with Gasteiger partial charge in [-0.2, -0.15) is 0 Å². The maximum atomic E-state index is 12.4. The van der Waals surface area contributed by atoms with Crippen LogP contribution >= 0.6 is 0 Å². The Morgan fingerprint density at radius 1 is 1.28 bits per heavy atom. The zero-order chi connectivity index (χ0) is 13.2. The lowest BCUT2D eigenvalue weighted by molar-refractivity contribution is -0.139. The normalized spacial score (nSPS) is 29.6. The van der Waals surface area contributed by atoms with Crippen LogP contribution < -0.4 is 5.32 Å². The van der Waals surface area contributed by atoms with Gasteiger partial charge < -0.3 is 10.2 Å². The molecular weight excluding hydrogens is 224 g/mol. The van der Waals surface area contributed by atoms with E-state index in [1.807, 2.05) is 0 Å². The van der Waals surface area contributed by atoms with Gasteiger partial charge in [-0.1, -0.05) is 20.8 Å². The van der Waals surface area contributed by atoms with Crippen molar-refractivity contribution in [2.24, 2.45) is 5.41 Å². The Morgan fingerprint density at radius 3 is 2.56 bits per heavy atom. The first-order chi connectivity index (χ1) is 8.53. The molecule has 0 spiro atoms. The maximum Gasteiger partial charge on any atom is 0.239 e. The Labute approximate surface area is 111 Å². The maximum absolute atomic E-state index is 12.4. The van der Waals surface area contributed by atoms with E-state index in [0.29, 0.717) is 17.4 Å². The summed E-state index contributed by atoms with van der Waals surface area (Å²) in [5, 5.41) is 3.33. The van der Waals surface area contributed by atoms with Crippen molar-refractivity contribution in [3.8, 4) is 0 Å². The van der Waals surface area contributed by atoms with E-state index in [9.17, 15) is 4.79 Å². The second-order valence-corrected chi connectivity index (χ2v) is 6.68. The molecule has 1 heterocycles. The minimum absolute atomic E-state index is 0.0821. The number of piperidine rings is 1. The second kappa shape index (κ2) is 5.60. The average molecular weight is 252 g/mol. The van der Waals surface area contributed by atoms with Gasteiger partial charge in [-0.05, 0) is 50.5 Å². The minimum Gasteiger partial charge on any atom is -0.338 e. The fourth-order valence-corrected chi connectivity index (χ4v) is 3.39. The molecule has 1 N–H and O–H groups in total. The van der Waals surface area contributed by atoms with Crippen LogP contribution in [0.1, 0.15) is 59.3 Å². The van der Waals surface area contributed by atoms with E-state index in [1.165, 1.54) is 25.7 Å². The number of hydrogen-bond donors (Lipinski definition) is 1. The topological polar surface area (TPSA) is 32.3 Å². The average Bonchev–Trinajstić information content (AvgIpc) is 2.33. The number of rotatable bonds is 3. The van der Waals surface area contributed by atoms with Crippen LogP contribution in [0.3, 0.4) is 0 Å². The van der Waals surface area contributed by atoms with Crippen molar-refractivity contribution < 1.29 is 4.79 Å². The lowest BCUT2D eigenvalue weighted by Crippen LogP contribution is -2.55. The zero-order valence-corrected chi connectivity index (χ0v) is 12.2. The summed E-state index contributed by atoms with van der Waals surface area (Å²) in [7, 11) is 0. The van der Waals surface area contributed by atoms with Crippen LogP contribution in [-0.4, -0.2) is 36.0 Å². The summed E-state index contributed by atoms with van der Waals surface area (Å²) >= 11 is 0. The molecule has 2 fully saturated rings. The smallest absolute Gasteiger partial charge is 0.239 e. The number of amides is 1. The van der Waals surface area contributed by atoms with Crippen molar-refractivity contribution in [2.45, 2.75) is 71.4 Å². The molecular formula is C15H28N2O. The highest BCUT2D eigenvalue weighted by molar-refractivity contribution is 5.82. The van der Waals surface area contributed by atoms with Crippen LogP contribution in [0.25, 0.3) is 0 Å². The number of nitrogens with zero attached hydrogens (tertiary/aromatic N) is 1. The van der Waals surface area contributed by atoms with Gasteiger partial charge in [0, 0.05) is 12.6 Å². The van der Waals surface area contributed by atoms with Crippen LogP contribution in [0, 0.1) is 5.41 Å². The van der Waals surface area contributed by atoms with Crippen LogP contribution in [0.4, 0.5) is 0 Å². The molecule has 2 rings (SSSR count). The van der Waals surface area contributed by atoms with Gasteiger partial charge in [-0.15, -0.1) is 0 Å². The molecule has 0 aromatic carbocycles. The Bertz CT molecular complexity index is 289. The molecule has 2 aliphatic rings. The van der Waals surface area contributed by atoms with Gasteiger partial charge >= 0.3 is 0 Å². The van der Waals surface area contributed by atoms with Crippen molar-refractivity contribution in [3.05, 3.63) is 0 Å². The standard InChI is InChI=1S/C15H28N2O/c1-4-16-13-6-5-11-17(14(13)18)12-7-9-15(2,3)10-8-12/h12-13,16H,4-11H2,1-3H3. The molecule has 1 aliphatic carbocycles. The Balaban J connectivity index is 1.94. The number of hydrogen-bond acceptors (Lipinski definition) is 2. The molecule has 0 bridgehead atoms. The van der Waals surface area contributed by atoms with Crippen LogP contribution in [0.2, 0.25) is 0 Å². The van der Waals surface area contributed by atoms with Crippen LogP contribution in [-0.2, 0) is 4.79 Å². The molecule has 0 aromatic heterocycles. The Hall–Kier alpha value is -0.570. The number of likely N-dealkylation sites (tertiary alicyclic amines) is 1. The molecule has 18 heavy (non-hydrogen) atoms. The fraction of sp³-hybridized carbons (Fsp3) is 0.933. The number of carbonyl (C=O) groups is 1. The molecule has 1 saturated heterocycles. The summed E-state index contributed by atoms with van der Waals surface area (Å²) in [6, 6.07) is 0.589. The molecule has 0 aromatic rings. The van der Waals surface area contributed by atoms with E-state index in [0.717, 1.165) is 25.9 Å². The summed E-state index contributed by atoms with van der Waals surface area (Å²) < 4.78 is 0. The Kier molecular flexibility index (Phi) is 4.31. The predicted molar refractivity (Wildman–Crippen MR) is 74.4 cm³/mol. The molecule has 1 aliphatic heterocycles. The SMILES string of the molecule is CCNC1CCCN(C2CCC(C)(C)CC2)C1=O. The molecule has 3 heteroatoms. The van der Waals surface area contributed by atoms with E-state index in [-0.39, 0.29) is 6.04 Å². The summed E-state index contributed by atoms with van der Waals surface area (Å²) in [6.45, 7) is 8.65. The third kappa shape index (κ3) is 3.05. The summed E-state index contributed by atoms with van der Waals surface area (Å²) in [5.74, 6) is 0.354. The molecule has 1 amide bonds. The highest BCUT2D eigenvalue weighted by Gasteiger charge is 2.36. The van der Waals surface area contributed by atoms with Crippen molar-refractivity contribution in [2.75, 3.05) is 13.1 Å². The number of carbonyl (C=O) groups excluding carboxylic acids is 1. The molecule has 1 atom stereocenters. The lowest BCUT2D eigenvalue weighted by Gasteiger charge is -2.43. The first-order valence-corrected chi connectivity index (χ1v) is 7.57. The van der Waals surface area contributed by atoms with Gasteiger partial charge in [0.1, 0.15) is 0 Å².